The number of hydrogen-bond donors (Lipinski definition) is 2. The van der Waals surface area contributed by atoms with Crippen LogP contribution in [0.15, 0.2) is 42.6 Å². The normalized spacial score (nSPS) is 32.5. The van der Waals surface area contributed by atoms with E-state index in [0.29, 0.717) is 37.4 Å². The Kier molecular flexibility index (Phi) is 6.96. The molecule has 1 aromatic heterocycles. The van der Waals surface area contributed by atoms with E-state index in [-0.39, 0.29) is 42.4 Å². The number of primary amides is 1. The van der Waals surface area contributed by atoms with Crippen LogP contribution in [0.2, 0.25) is 0 Å². The van der Waals surface area contributed by atoms with Gasteiger partial charge in [0.25, 0.3) is 5.92 Å². The average molecular weight is 620 g/mol. The van der Waals surface area contributed by atoms with E-state index in [1.807, 2.05) is 46.3 Å². The van der Waals surface area contributed by atoms with Gasteiger partial charge in [0.15, 0.2) is 0 Å². The molecule has 2 saturated heterocycles. The van der Waals surface area contributed by atoms with Crippen LogP contribution in [-0.2, 0) is 4.79 Å². The molecule has 7 aliphatic rings. The molecule has 9 nitrogen and oxygen atoms in total. The predicted molar refractivity (Wildman–Crippen MR) is 169 cm³/mol. The third-order valence-corrected chi connectivity index (χ3v) is 11.9. The molecule has 3 N–H and O–H groups in total. The number of aromatic nitrogens is 1. The molecule has 4 aliphatic carbocycles. The number of amides is 3. The molecule has 0 spiro atoms. The molecule has 4 heterocycles. The number of hydrogen-bond acceptors (Lipinski definition) is 6. The highest BCUT2D eigenvalue weighted by molar-refractivity contribution is 5.98. The number of nitrogens with zero attached hydrogens (tertiary/aromatic N) is 5. The van der Waals surface area contributed by atoms with Crippen LogP contribution in [-0.4, -0.2) is 79.1 Å². The highest BCUT2D eigenvalue weighted by Crippen LogP contribution is 2.60. The topological polar surface area (TPSA) is 98.0 Å². The number of pyridine rings is 1. The lowest BCUT2D eigenvalue weighted by Gasteiger charge is -2.59. The van der Waals surface area contributed by atoms with E-state index in [9.17, 15) is 18.4 Å². The first-order valence-electron chi connectivity index (χ1n) is 16.8. The van der Waals surface area contributed by atoms with Crippen LogP contribution in [0.25, 0.3) is 0 Å². The van der Waals surface area contributed by atoms with Crippen LogP contribution >= 0.6 is 0 Å². The molecule has 4 bridgehead atoms. The maximum absolute atomic E-state index is 13.8. The molecule has 1 aromatic carbocycles. The van der Waals surface area contributed by atoms with Crippen molar-refractivity contribution in [1.82, 2.24) is 15.2 Å². The van der Waals surface area contributed by atoms with E-state index in [1.165, 1.54) is 0 Å². The van der Waals surface area contributed by atoms with Crippen molar-refractivity contribution in [1.29, 1.82) is 0 Å². The van der Waals surface area contributed by atoms with Gasteiger partial charge in [-0.25, -0.2) is 18.6 Å². The van der Waals surface area contributed by atoms with Gasteiger partial charge in [0, 0.05) is 56.6 Å². The lowest BCUT2D eigenvalue weighted by molar-refractivity contribution is -0.145. The maximum Gasteiger partial charge on any atom is 0.322 e. The Morgan fingerprint density at radius 2 is 1.64 bits per heavy atom. The Morgan fingerprint density at radius 3 is 2.29 bits per heavy atom. The molecular formula is C34H43F2N7O2. The lowest BCUT2D eigenvalue weighted by Crippen LogP contribution is -2.63. The van der Waals surface area contributed by atoms with Gasteiger partial charge in [0.05, 0.1) is 29.8 Å². The number of piperidine rings is 1. The smallest absolute Gasteiger partial charge is 0.322 e. The second kappa shape index (κ2) is 10.8. The minimum Gasteiger partial charge on any atom is -0.370 e. The van der Waals surface area contributed by atoms with E-state index in [2.05, 4.69) is 21.2 Å². The Morgan fingerprint density at radius 1 is 0.911 bits per heavy atom. The Labute approximate surface area is 263 Å². The average Bonchev–Trinajstić information content (AvgIpc) is 3.41. The highest BCUT2D eigenvalue weighted by atomic mass is 19.3. The summed E-state index contributed by atoms with van der Waals surface area (Å²) in [7, 11) is 0. The summed E-state index contributed by atoms with van der Waals surface area (Å²) in [6.07, 6.45) is 8.28. The number of nitrogens with one attached hydrogen (secondary N) is 1. The molecule has 3 aliphatic heterocycles. The summed E-state index contributed by atoms with van der Waals surface area (Å²) in [6.45, 7) is 3.20. The zero-order valence-electron chi connectivity index (χ0n) is 25.7. The van der Waals surface area contributed by atoms with Crippen LogP contribution in [0.4, 0.5) is 36.5 Å². The zero-order chi connectivity index (χ0) is 30.9. The maximum atomic E-state index is 13.8. The Hall–Kier alpha value is -3.47. The Bertz CT molecular complexity index is 1450. The number of carbonyl (C=O) groups is 2. The van der Waals surface area contributed by atoms with Crippen molar-refractivity contribution in [2.24, 2.45) is 28.9 Å². The van der Waals surface area contributed by atoms with E-state index in [1.54, 1.807) is 0 Å². The number of fused-ring (bicyclic) bond motifs is 1. The fraction of sp³-hybridized carbons (Fsp3) is 0.618. The zero-order valence-corrected chi connectivity index (χ0v) is 25.7. The molecule has 0 radical (unpaired) electrons. The Balaban J connectivity index is 0.926. The third-order valence-electron chi connectivity index (χ3n) is 11.9. The van der Waals surface area contributed by atoms with Crippen molar-refractivity contribution in [3.05, 3.63) is 42.6 Å². The minimum atomic E-state index is -2.54. The number of para-hydroxylation sites is 2. The van der Waals surface area contributed by atoms with Crippen LogP contribution in [0.3, 0.4) is 0 Å². The number of alkyl halides is 2. The molecule has 2 aromatic rings. The van der Waals surface area contributed by atoms with Crippen LogP contribution in [0.1, 0.15) is 51.4 Å². The van der Waals surface area contributed by atoms with E-state index in [0.717, 1.165) is 80.9 Å². The standard InChI is InChI=1S/C34H43F2N7O2/c35-34(36)9-12-41(21-34)25-7-10-40(11-8-25)26-5-6-29(38-20-26)42-13-14-43(28-4-2-1-3-27(28)42)32(45)39-30-23-15-22-16-24(30)19-33(17-22,18-23)31(37)44/h1-6,20,22-25,30H,7-19,21H2,(H2,37,44)(H,39,45). The van der Waals surface area contributed by atoms with Gasteiger partial charge >= 0.3 is 6.03 Å². The first-order chi connectivity index (χ1) is 21.7. The van der Waals surface area contributed by atoms with E-state index < -0.39 is 5.92 Å². The summed E-state index contributed by atoms with van der Waals surface area (Å²) >= 11 is 0. The second-order valence-electron chi connectivity index (χ2n) is 14.6. The number of likely N-dealkylation sites (tertiary alicyclic amines) is 1. The molecule has 2 atom stereocenters. The lowest BCUT2D eigenvalue weighted by atomic mass is 9.47. The van der Waals surface area contributed by atoms with Crippen molar-refractivity contribution in [2.75, 3.05) is 54.0 Å². The predicted octanol–water partition coefficient (Wildman–Crippen LogP) is 4.74. The van der Waals surface area contributed by atoms with Gasteiger partial charge in [-0.05, 0) is 87.0 Å². The van der Waals surface area contributed by atoms with Crippen molar-refractivity contribution in [3.63, 3.8) is 0 Å². The van der Waals surface area contributed by atoms with Crippen molar-refractivity contribution in [2.45, 2.75) is 69.4 Å². The summed E-state index contributed by atoms with van der Waals surface area (Å²) in [5.74, 6) is -0.709. The van der Waals surface area contributed by atoms with Gasteiger partial charge in [-0.15, -0.1) is 0 Å². The van der Waals surface area contributed by atoms with Gasteiger partial charge in [-0.1, -0.05) is 12.1 Å². The number of carbonyl (C=O) groups excluding carboxylic acids is 2. The largest absolute Gasteiger partial charge is 0.370 e. The van der Waals surface area contributed by atoms with Crippen LogP contribution < -0.4 is 25.8 Å². The fourth-order valence-electron chi connectivity index (χ4n) is 9.88. The number of urea groups is 1. The van der Waals surface area contributed by atoms with Crippen LogP contribution in [0.5, 0.6) is 0 Å². The summed E-state index contributed by atoms with van der Waals surface area (Å²) in [5, 5.41) is 3.41. The highest BCUT2D eigenvalue weighted by Gasteiger charge is 2.58. The number of rotatable bonds is 5. The van der Waals surface area contributed by atoms with Gasteiger partial charge in [0.2, 0.25) is 5.91 Å². The van der Waals surface area contributed by atoms with Crippen molar-refractivity contribution in [3.8, 4) is 0 Å². The summed E-state index contributed by atoms with van der Waals surface area (Å²) < 4.78 is 27.4. The molecule has 2 unspecified atom stereocenters. The van der Waals surface area contributed by atoms with E-state index >= 15 is 0 Å². The minimum absolute atomic E-state index is 0.0263. The van der Waals surface area contributed by atoms with E-state index in [4.69, 9.17) is 10.7 Å². The molecular weight excluding hydrogens is 576 g/mol. The number of benzene rings is 1. The van der Waals surface area contributed by atoms with Gasteiger partial charge in [0.1, 0.15) is 5.82 Å². The first-order valence-corrected chi connectivity index (χ1v) is 16.8. The molecule has 9 rings (SSSR count). The number of halogens is 2. The molecule has 6 fully saturated rings. The quantitative estimate of drug-likeness (QED) is 0.502. The molecule has 45 heavy (non-hydrogen) atoms. The monoisotopic (exact) mass is 619 g/mol. The number of anilines is 4. The summed E-state index contributed by atoms with van der Waals surface area (Å²) in [5.41, 5.74) is 8.36. The fourth-order valence-corrected chi connectivity index (χ4v) is 9.88. The SMILES string of the molecule is NC(=O)C12CC3CC(C1)C(NC(=O)N1CCN(c4ccc(N5CCC(N6CCC(F)(F)C6)CC5)cn4)c4ccccc41)C(C3)C2. The molecule has 240 valence electrons. The first kappa shape index (κ1) is 29.0. The third kappa shape index (κ3) is 5.11. The van der Waals surface area contributed by atoms with Gasteiger partial charge in [-0.3, -0.25) is 14.6 Å². The van der Waals surface area contributed by atoms with Gasteiger partial charge < -0.3 is 20.9 Å². The number of nitrogens with two attached hydrogens (primary N) is 1. The second-order valence-corrected chi connectivity index (χ2v) is 14.6. The molecule has 11 heteroatoms. The molecule has 3 amide bonds. The van der Waals surface area contributed by atoms with Gasteiger partial charge in [-0.2, -0.15) is 0 Å². The van der Waals surface area contributed by atoms with Crippen molar-refractivity contribution >= 4 is 34.8 Å². The summed E-state index contributed by atoms with van der Waals surface area (Å²) in [6, 6.07) is 12.4. The van der Waals surface area contributed by atoms with Crippen molar-refractivity contribution < 1.29 is 18.4 Å². The van der Waals surface area contributed by atoms with Crippen LogP contribution in [0, 0.1) is 23.2 Å². The summed E-state index contributed by atoms with van der Waals surface area (Å²) in [4.78, 5) is 39.3. The molecule has 4 saturated carbocycles.